The van der Waals surface area contributed by atoms with Gasteiger partial charge in [0.1, 0.15) is 5.82 Å². The Balaban J connectivity index is 2.50. The van der Waals surface area contributed by atoms with E-state index >= 15 is 0 Å². The predicted molar refractivity (Wildman–Crippen MR) is 68.4 cm³/mol. The van der Waals surface area contributed by atoms with Crippen LogP contribution in [-0.4, -0.2) is 18.8 Å². The van der Waals surface area contributed by atoms with Gasteiger partial charge in [0, 0.05) is 23.6 Å². The Morgan fingerprint density at radius 1 is 1.33 bits per heavy atom. The van der Waals surface area contributed by atoms with Crippen LogP contribution in [0, 0.1) is 5.82 Å². The first kappa shape index (κ1) is 13.1. The molecule has 1 aromatic rings. The van der Waals surface area contributed by atoms with Gasteiger partial charge in [-0.2, -0.15) is 0 Å². The first-order valence-electron chi connectivity index (χ1n) is 6.40. The molecule has 100 valence electrons. The summed E-state index contributed by atoms with van der Waals surface area (Å²) in [5.74, 6) is -0.173. The van der Waals surface area contributed by atoms with Crippen molar-refractivity contribution in [2.24, 2.45) is 5.73 Å². The minimum Gasteiger partial charge on any atom is -0.504 e. The maximum atomic E-state index is 13.6. The molecule has 0 aromatic heterocycles. The van der Waals surface area contributed by atoms with Gasteiger partial charge >= 0.3 is 0 Å². The molecule has 4 heteroatoms. The molecule has 0 spiro atoms. The molecule has 1 fully saturated rings. The topological polar surface area (TPSA) is 55.5 Å². The van der Waals surface area contributed by atoms with Crippen molar-refractivity contribution in [3.8, 4) is 11.5 Å². The molecule has 0 radical (unpaired) electrons. The SMILES string of the molecule is COc1cc(F)cc(C2(CN)CCCCC2)c1O. The standard InChI is InChI=1S/C14H20FNO2/c1-18-12-8-10(15)7-11(13(12)17)14(9-16)5-3-2-4-6-14/h7-8,17H,2-6,9,16H2,1H3. The van der Waals surface area contributed by atoms with E-state index < -0.39 is 5.82 Å². The van der Waals surface area contributed by atoms with Crippen molar-refractivity contribution in [2.45, 2.75) is 37.5 Å². The quantitative estimate of drug-likeness (QED) is 0.870. The van der Waals surface area contributed by atoms with Gasteiger partial charge in [0.05, 0.1) is 7.11 Å². The highest BCUT2D eigenvalue weighted by Crippen LogP contribution is 2.45. The number of ether oxygens (including phenoxy) is 1. The Kier molecular flexibility index (Phi) is 3.76. The van der Waals surface area contributed by atoms with Crippen LogP contribution in [0.4, 0.5) is 4.39 Å². The van der Waals surface area contributed by atoms with Crippen molar-refractivity contribution in [3.63, 3.8) is 0 Å². The van der Waals surface area contributed by atoms with Crippen LogP contribution in [0.25, 0.3) is 0 Å². The molecule has 0 aliphatic heterocycles. The summed E-state index contributed by atoms with van der Waals surface area (Å²) in [4.78, 5) is 0. The zero-order valence-electron chi connectivity index (χ0n) is 10.7. The molecule has 1 aliphatic carbocycles. The third-order valence-corrected chi connectivity index (χ3v) is 4.03. The molecule has 0 heterocycles. The molecule has 3 N–H and O–H groups in total. The Morgan fingerprint density at radius 3 is 2.56 bits per heavy atom. The van der Waals surface area contributed by atoms with E-state index in [1.165, 1.54) is 25.7 Å². The average molecular weight is 253 g/mol. The molecular formula is C14H20FNO2. The van der Waals surface area contributed by atoms with Crippen molar-refractivity contribution in [1.29, 1.82) is 0 Å². The summed E-state index contributed by atoms with van der Waals surface area (Å²) in [6, 6.07) is 2.60. The summed E-state index contributed by atoms with van der Waals surface area (Å²) >= 11 is 0. The summed E-state index contributed by atoms with van der Waals surface area (Å²) in [6.07, 6.45) is 5.09. The minimum absolute atomic E-state index is 0.0336. The highest BCUT2D eigenvalue weighted by Gasteiger charge is 2.36. The molecule has 2 rings (SSSR count). The minimum atomic E-state index is -0.391. The zero-order chi connectivity index (χ0) is 13.2. The molecule has 1 aromatic carbocycles. The number of benzene rings is 1. The van der Waals surface area contributed by atoms with Gasteiger partial charge in [0.2, 0.25) is 0 Å². The fraction of sp³-hybridized carbons (Fsp3) is 0.571. The molecule has 0 bridgehead atoms. The lowest BCUT2D eigenvalue weighted by Crippen LogP contribution is -2.37. The van der Waals surface area contributed by atoms with Crippen molar-refractivity contribution in [1.82, 2.24) is 0 Å². The lowest BCUT2D eigenvalue weighted by Gasteiger charge is -2.37. The van der Waals surface area contributed by atoms with E-state index in [0.717, 1.165) is 25.7 Å². The van der Waals surface area contributed by atoms with Gasteiger partial charge in [-0.05, 0) is 18.9 Å². The Labute approximate surface area is 107 Å². The van der Waals surface area contributed by atoms with E-state index in [2.05, 4.69) is 0 Å². The average Bonchev–Trinajstić information content (AvgIpc) is 2.41. The Bertz CT molecular complexity index is 428. The third-order valence-electron chi connectivity index (χ3n) is 4.03. The Morgan fingerprint density at radius 2 is 2.00 bits per heavy atom. The van der Waals surface area contributed by atoms with Crippen LogP contribution in [-0.2, 0) is 5.41 Å². The number of halogens is 1. The summed E-state index contributed by atoms with van der Waals surface area (Å²) in [5, 5.41) is 10.2. The number of phenols is 1. The van der Waals surface area contributed by atoms with Gasteiger partial charge in [-0.15, -0.1) is 0 Å². The molecule has 0 unspecified atom stereocenters. The molecule has 18 heavy (non-hydrogen) atoms. The zero-order valence-corrected chi connectivity index (χ0v) is 10.7. The van der Waals surface area contributed by atoms with E-state index in [0.29, 0.717) is 12.1 Å². The molecule has 0 amide bonds. The molecule has 1 aliphatic rings. The molecular weight excluding hydrogens is 233 g/mol. The molecule has 0 saturated heterocycles. The van der Waals surface area contributed by atoms with E-state index in [4.69, 9.17) is 10.5 Å². The van der Waals surface area contributed by atoms with Crippen LogP contribution in [0.1, 0.15) is 37.7 Å². The number of nitrogens with two attached hydrogens (primary N) is 1. The lowest BCUT2D eigenvalue weighted by atomic mass is 9.69. The van der Waals surface area contributed by atoms with Crippen molar-refractivity contribution in [2.75, 3.05) is 13.7 Å². The lowest BCUT2D eigenvalue weighted by molar-refractivity contribution is 0.284. The molecule has 0 atom stereocenters. The van der Waals surface area contributed by atoms with Crippen molar-refractivity contribution >= 4 is 0 Å². The van der Waals surface area contributed by atoms with Crippen molar-refractivity contribution in [3.05, 3.63) is 23.5 Å². The number of phenolic OH excluding ortho intramolecular Hbond substituents is 1. The van der Waals surface area contributed by atoms with Gasteiger partial charge in [0.15, 0.2) is 11.5 Å². The number of hydrogen-bond donors (Lipinski definition) is 2. The van der Waals surface area contributed by atoms with E-state index in [1.807, 2.05) is 0 Å². The second-order valence-corrected chi connectivity index (χ2v) is 5.05. The van der Waals surface area contributed by atoms with E-state index in [1.54, 1.807) is 0 Å². The van der Waals surface area contributed by atoms with Gasteiger partial charge in [-0.3, -0.25) is 0 Å². The van der Waals surface area contributed by atoms with Gasteiger partial charge < -0.3 is 15.6 Å². The smallest absolute Gasteiger partial charge is 0.163 e. The van der Waals surface area contributed by atoms with Gasteiger partial charge in [0.25, 0.3) is 0 Å². The van der Waals surface area contributed by atoms with Gasteiger partial charge in [-0.25, -0.2) is 4.39 Å². The highest BCUT2D eigenvalue weighted by molar-refractivity contribution is 5.50. The molecule has 1 saturated carbocycles. The first-order valence-corrected chi connectivity index (χ1v) is 6.40. The highest BCUT2D eigenvalue weighted by atomic mass is 19.1. The summed E-state index contributed by atoms with van der Waals surface area (Å²) in [7, 11) is 1.42. The van der Waals surface area contributed by atoms with Crippen LogP contribution in [0.15, 0.2) is 12.1 Å². The second-order valence-electron chi connectivity index (χ2n) is 5.05. The van der Waals surface area contributed by atoms with Crippen molar-refractivity contribution < 1.29 is 14.2 Å². The van der Waals surface area contributed by atoms with Crippen LogP contribution in [0.2, 0.25) is 0 Å². The fourth-order valence-electron chi connectivity index (χ4n) is 2.95. The number of rotatable bonds is 3. The maximum Gasteiger partial charge on any atom is 0.163 e. The Hall–Kier alpha value is -1.29. The fourth-order valence-corrected chi connectivity index (χ4v) is 2.95. The molecule has 3 nitrogen and oxygen atoms in total. The number of methoxy groups -OCH3 is 1. The van der Waals surface area contributed by atoms with Crippen LogP contribution < -0.4 is 10.5 Å². The summed E-state index contributed by atoms with van der Waals surface area (Å²) in [6.45, 7) is 0.424. The van der Waals surface area contributed by atoms with Crippen LogP contribution in [0.3, 0.4) is 0 Å². The number of hydrogen-bond acceptors (Lipinski definition) is 3. The van der Waals surface area contributed by atoms with Gasteiger partial charge in [-0.1, -0.05) is 19.3 Å². The predicted octanol–water partition coefficient (Wildman–Crippen LogP) is 2.70. The second kappa shape index (κ2) is 5.14. The third kappa shape index (κ3) is 2.17. The van der Waals surface area contributed by atoms with E-state index in [9.17, 15) is 9.50 Å². The van der Waals surface area contributed by atoms with Crippen LogP contribution >= 0.6 is 0 Å². The summed E-state index contributed by atoms with van der Waals surface area (Å²) < 4.78 is 18.6. The normalized spacial score (nSPS) is 18.6. The van der Waals surface area contributed by atoms with Crippen LogP contribution in [0.5, 0.6) is 11.5 Å². The largest absolute Gasteiger partial charge is 0.504 e. The maximum absolute atomic E-state index is 13.6. The van der Waals surface area contributed by atoms with E-state index in [-0.39, 0.29) is 16.9 Å². The number of aromatic hydroxyl groups is 1. The summed E-state index contributed by atoms with van der Waals surface area (Å²) in [5.41, 5.74) is 6.20. The monoisotopic (exact) mass is 253 g/mol. The first-order chi connectivity index (χ1) is 8.63.